The molecule has 0 saturated heterocycles. The van der Waals surface area contributed by atoms with Crippen molar-refractivity contribution >= 4 is 5.96 Å². The van der Waals surface area contributed by atoms with Crippen molar-refractivity contribution in [2.75, 3.05) is 19.6 Å². The van der Waals surface area contributed by atoms with Crippen LogP contribution in [0.5, 0.6) is 0 Å². The van der Waals surface area contributed by atoms with E-state index in [0.29, 0.717) is 0 Å². The molecule has 0 aromatic heterocycles. The highest BCUT2D eigenvalue weighted by Crippen LogP contribution is 2.25. The van der Waals surface area contributed by atoms with Crippen LogP contribution in [-0.4, -0.2) is 25.6 Å². The van der Waals surface area contributed by atoms with Gasteiger partial charge in [-0.2, -0.15) is 0 Å². The molecule has 1 saturated carbocycles. The molecule has 0 bridgehead atoms. The average molecular weight is 195 g/mol. The molecule has 0 unspecified atom stereocenters. The maximum absolute atomic E-state index is 4.31. The second kappa shape index (κ2) is 5.23. The van der Waals surface area contributed by atoms with Crippen molar-refractivity contribution in [2.24, 2.45) is 10.9 Å². The lowest BCUT2D eigenvalue weighted by molar-refractivity contribution is 0.339. The van der Waals surface area contributed by atoms with Crippen LogP contribution >= 0.6 is 0 Å². The van der Waals surface area contributed by atoms with E-state index < -0.39 is 0 Å². The summed E-state index contributed by atoms with van der Waals surface area (Å²) in [5.74, 6) is 1.99. The third-order valence-electron chi connectivity index (χ3n) is 3.24. The van der Waals surface area contributed by atoms with Gasteiger partial charge in [-0.3, -0.25) is 4.99 Å². The van der Waals surface area contributed by atoms with Crippen LogP contribution in [0.2, 0.25) is 0 Å². The highest BCUT2D eigenvalue weighted by Gasteiger charge is 2.13. The molecule has 3 heteroatoms. The van der Waals surface area contributed by atoms with E-state index in [0.717, 1.165) is 31.5 Å². The monoisotopic (exact) mass is 195 g/mol. The van der Waals surface area contributed by atoms with Gasteiger partial charge in [-0.25, -0.2) is 0 Å². The van der Waals surface area contributed by atoms with E-state index in [-0.39, 0.29) is 0 Å². The summed E-state index contributed by atoms with van der Waals surface area (Å²) >= 11 is 0. The number of hydrogen-bond acceptors (Lipinski definition) is 3. The fraction of sp³-hybridized carbons (Fsp3) is 0.909. The highest BCUT2D eigenvalue weighted by molar-refractivity contribution is 5.81. The van der Waals surface area contributed by atoms with Gasteiger partial charge in [-0.15, -0.1) is 0 Å². The minimum absolute atomic E-state index is 0.936. The van der Waals surface area contributed by atoms with Gasteiger partial charge in [0.15, 0.2) is 5.96 Å². The van der Waals surface area contributed by atoms with Gasteiger partial charge in [0, 0.05) is 13.1 Å². The molecule has 2 rings (SSSR count). The third-order valence-corrected chi connectivity index (χ3v) is 3.24. The van der Waals surface area contributed by atoms with Gasteiger partial charge in [0.25, 0.3) is 0 Å². The first kappa shape index (κ1) is 9.81. The number of nitrogens with zero attached hydrogens (tertiary/aromatic N) is 1. The van der Waals surface area contributed by atoms with E-state index in [1.54, 1.807) is 0 Å². The Morgan fingerprint density at radius 1 is 1.29 bits per heavy atom. The molecule has 0 atom stereocenters. The normalized spacial score (nSPS) is 23.0. The van der Waals surface area contributed by atoms with Crippen LogP contribution in [-0.2, 0) is 0 Å². The summed E-state index contributed by atoms with van der Waals surface area (Å²) in [6, 6.07) is 0. The maximum atomic E-state index is 4.31. The maximum Gasteiger partial charge on any atom is 0.191 e. The fourth-order valence-corrected chi connectivity index (χ4v) is 2.39. The molecule has 3 nitrogen and oxygen atoms in total. The van der Waals surface area contributed by atoms with Crippen molar-refractivity contribution < 1.29 is 0 Å². The lowest BCUT2D eigenvalue weighted by Crippen LogP contribution is -2.35. The van der Waals surface area contributed by atoms with Crippen molar-refractivity contribution in [1.82, 2.24) is 10.6 Å². The first-order valence-corrected chi connectivity index (χ1v) is 5.97. The number of guanidine groups is 1. The number of rotatable bonds is 3. The second-order valence-corrected chi connectivity index (χ2v) is 4.38. The SMILES string of the molecule is C1CCC(CCNC2=NCCN2)CC1. The molecule has 1 aliphatic heterocycles. The Labute approximate surface area is 86.4 Å². The van der Waals surface area contributed by atoms with E-state index >= 15 is 0 Å². The Morgan fingerprint density at radius 3 is 2.86 bits per heavy atom. The molecular weight excluding hydrogens is 174 g/mol. The second-order valence-electron chi connectivity index (χ2n) is 4.38. The summed E-state index contributed by atoms with van der Waals surface area (Å²) in [4.78, 5) is 4.31. The standard InChI is InChI=1S/C11H21N3/c1-2-4-10(5-3-1)6-7-12-11-13-8-9-14-11/h10H,1-9H2,(H2,12,13,14). The Bertz CT molecular complexity index is 195. The highest BCUT2D eigenvalue weighted by atomic mass is 15.2. The molecule has 14 heavy (non-hydrogen) atoms. The molecule has 0 radical (unpaired) electrons. The van der Waals surface area contributed by atoms with Gasteiger partial charge in [0.05, 0.1) is 6.54 Å². The first-order valence-electron chi connectivity index (χ1n) is 5.97. The van der Waals surface area contributed by atoms with Crippen molar-refractivity contribution in [1.29, 1.82) is 0 Å². The summed E-state index contributed by atoms with van der Waals surface area (Å²) in [6.07, 6.45) is 8.57. The van der Waals surface area contributed by atoms with Crippen LogP contribution in [0.25, 0.3) is 0 Å². The van der Waals surface area contributed by atoms with Crippen LogP contribution in [0.3, 0.4) is 0 Å². The predicted octanol–water partition coefficient (Wildman–Crippen LogP) is 1.51. The molecule has 0 aromatic rings. The zero-order chi connectivity index (χ0) is 9.64. The van der Waals surface area contributed by atoms with Gasteiger partial charge in [-0.05, 0) is 12.3 Å². The van der Waals surface area contributed by atoms with Crippen LogP contribution < -0.4 is 10.6 Å². The Balaban J connectivity index is 1.57. The molecule has 2 N–H and O–H groups in total. The summed E-state index contributed by atoms with van der Waals surface area (Å²) in [5.41, 5.74) is 0. The molecule has 1 heterocycles. The molecule has 2 aliphatic rings. The zero-order valence-electron chi connectivity index (χ0n) is 8.89. The van der Waals surface area contributed by atoms with Crippen molar-refractivity contribution in [2.45, 2.75) is 38.5 Å². The molecule has 0 spiro atoms. The molecule has 0 amide bonds. The predicted molar refractivity (Wildman–Crippen MR) is 59.5 cm³/mol. The molecule has 80 valence electrons. The Kier molecular flexibility index (Phi) is 3.66. The number of nitrogens with one attached hydrogen (secondary N) is 2. The van der Waals surface area contributed by atoms with Crippen molar-refractivity contribution in [3.63, 3.8) is 0 Å². The number of aliphatic imine (C=N–C) groups is 1. The van der Waals surface area contributed by atoms with E-state index in [9.17, 15) is 0 Å². The Morgan fingerprint density at radius 2 is 2.14 bits per heavy atom. The number of hydrogen-bond donors (Lipinski definition) is 2. The van der Waals surface area contributed by atoms with Gasteiger partial charge in [0.1, 0.15) is 0 Å². The quantitative estimate of drug-likeness (QED) is 0.716. The van der Waals surface area contributed by atoms with Crippen LogP contribution in [0.15, 0.2) is 4.99 Å². The summed E-state index contributed by atoms with van der Waals surface area (Å²) in [6.45, 7) is 3.04. The van der Waals surface area contributed by atoms with Crippen molar-refractivity contribution in [3.05, 3.63) is 0 Å². The lowest BCUT2D eigenvalue weighted by Gasteiger charge is -2.21. The fourth-order valence-electron chi connectivity index (χ4n) is 2.39. The summed E-state index contributed by atoms with van der Waals surface area (Å²) < 4.78 is 0. The van der Waals surface area contributed by atoms with Gasteiger partial charge < -0.3 is 10.6 Å². The molecule has 0 aromatic carbocycles. The third kappa shape index (κ3) is 2.89. The topological polar surface area (TPSA) is 36.4 Å². The van der Waals surface area contributed by atoms with Crippen molar-refractivity contribution in [3.8, 4) is 0 Å². The average Bonchev–Trinajstić information content (AvgIpc) is 2.72. The van der Waals surface area contributed by atoms with Crippen LogP contribution in [0.1, 0.15) is 38.5 Å². The lowest BCUT2D eigenvalue weighted by atomic mass is 9.87. The van der Waals surface area contributed by atoms with E-state index in [4.69, 9.17) is 0 Å². The van der Waals surface area contributed by atoms with E-state index in [1.807, 2.05) is 0 Å². The molecular formula is C11H21N3. The Hall–Kier alpha value is -0.730. The zero-order valence-corrected chi connectivity index (χ0v) is 8.89. The van der Waals surface area contributed by atoms with Gasteiger partial charge in [-0.1, -0.05) is 32.1 Å². The minimum Gasteiger partial charge on any atom is -0.356 e. The smallest absolute Gasteiger partial charge is 0.191 e. The van der Waals surface area contributed by atoms with E-state index in [1.165, 1.54) is 38.5 Å². The summed E-state index contributed by atoms with van der Waals surface area (Å²) in [7, 11) is 0. The largest absolute Gasteiger partial charge is 0.356 e. The first-order chi connectivity index (χ1) is 6.95. The van der Waals surface area contributed by atoms with E-state index in [2.05, 4.69) is 15.6 Å². The summed E-state index contributed by atoms with van der Waals surface area (Å²) in [5, 5.41) is 6.60. The van der Waals surface area contributed by atoms with Crippen LogP contribution in [0.4, 0.5) is 0 Å². The van der Waals surface area contributed by atoms with Gasteiger partial charge >= 0.3 is 0 Å². The molecule has 1 fully saturated rings. The van der Waals surface area contributed by atoms with Crippen LogP contribution in [0, 0.1) is 5.92 Å². The minimum atomic E-state index is 0.936. The van der Waals surface area contributed by atoms with Gasteiger partial charge in [0.2, 0.25) is 0 Å². The molecule has 1 aliphatic carbocycles.